The van der Waals surface area contributed by atoms with Crippen molar-refractivity contribution in [2.45, 2.75) is 25.9 Å². The fourth-order valence-electron chi connectivity index (χ4n) is 2.74. The standard InChI is InChI=1S/C14H7F5O.C9H9F3/c15-12-7-9(13(16)20)3-6-11(12)8-1-4-10(5-2-8)14(17,18)19;1-2-3-6-4-5-7(10)9(12)8(6)11/h1-7H;4-5H,2-3H2,1H3. The minimum absolute atomic E-state index is 0.0104. The van der Waals surface area contributed by atoms with Gasteiger partial charge in [-0.1, -0.05) is 37.6 Å². The minimum atomic E-state index is -4.47. The summed E-state index contributed by atoms with van der Waals surface area (Å²) in [5, 5.41) is 0. The monoisotopic (exact) mass is 460 g/mol. The van der Waals surface area contributed by atoms with Crippen LogP contribution in [0.3, 0.4) is 0 Å². The molecule has 0 aromatic heterocycles. The van der Waals surface area contributed by atoms with Crippen molar-refractivity contribution in [2.24, 2.45) is 0 Å². The largest absolute Gasteiger partial charge is 0.416 e. The van der Waals surface area contributed by atoms with Crippen LogP contribution < -0.4 is 0 Å². The van der Waals surface area contributed by atoms with Crippen molar-refractivity contribution in [3.8, 4) is 11.1 Å². The second kappa shape index (κ2) is 10.4. The van der Waals surface area contributed by atoms with E-state index in [0.717, 1.165) is 42.5 Å². The summed E-state index contributed by atoms with van der Waals surface area (Å²) in [5.74, 6) is -4.45. The number of hydrogen-bond donors (Lipinski definition) is 0. The second-order valence-electron chi connectivity index (χ2n) is 6.63. The van der Waals surface area contributed by atoms with Gasteiger partial charge in [-0.25, -0.2) is 17.6 Å². The molecule has 3 rings (SSSR count). The Hall–Kier alpha value is -3.23. The van der Waals surface area contributed by atoms with Crippen molar-refractivity contribution in [2.75, 3.05) is 0 Å². The fraction of sp³-hybridized carbons (Fsp3) is 0.174. The topological polar surface area (TPSA) is 17.1 Å². The molecule has 0 bridgehead atoms. The first-order valence-electron chi connectivity index (χ1n) is 9.25. The first-order valence-corrected chi connectivity index (χ1v) is 9.25. The van der Waals surface area contributed by atoms with Crippen molar-refractivity contribution < 1.29 is 39.9 Å². The zero-order valence-corrected chi connectivity index (χ0v) is 16.5. The molecule has 0 fully saturated rings. The van der Waals surface area contributed by atoms with Crippen LogP contribution in [0.15, 0.2) is 54.6 Å². The van der Waals surface area contributed by atoms with E-state index < -0.39 is 46.6 Å². The fourth-order valence-corrected chi connectivity index (χ4v) is 2.74. The average Bonchev–Trinajstić information content (AvgIpc) is 2.74. The lowest BCUT2D eigenvalue weighted by molar-refractivity contribution is -0.137. The Morgan fingerprint density at radius 2 is 1.44 bits per heavy atom. The first kappa shape index (κ1) is 25.0. The van der Waals surface area contributed by atoms with Gasteiger partial charge in [-0.15, -0.1) is 0 Å². The molecule has 0 saturated carbocycles. The van der Waals surface area contributed by atoms with E-state index in [1.54, 1.807) is 0 Å². The van der Waals surface area contributed by atoms with Gasteiger partial charge in [-0.3, -0.25) is 4.79 Å². The third-order valence-electron chi connectivity index (χ3n) is 4.35. The molecule has 3 aromatic rings. The Kier molecular flexibility index (Phi) is 8.13. The maximum atomic E-state index is 13.7. The van der Waals surface area contributed by atoms with Crippen LogP contribution in [0.5, 0.6) is 0 Å². The molecule has 0 amide bonds. The highest BCUT2D eigenvalue weighted by Gasteiger charge is 2.30. The van der Waals surface area contributed by atoms with Gasteiger partial charge in [0, 0.05) is 5.56 Å². The third-order valence-corrected chi connectivity index (χ3v) is 4.35. The zero-order chi connectivity index (χ0) is 24.1. The van der Waals surface area contributed by atoms with E-state index in [-0.39, 0.29) is 16.7 Å². The lowest BCUT2D eigenvalue weighted by Crippen LogP contribution is -2.04. The summed E-state index contributed by atoms with van der Waals surface area (Å²) in [5.41, 5.74) is -0.871. The molecule has 1 nitrogen and oxygen atoms in total. The van der Waals surface area contributed by atoms with Crippen molar-refractivity contribution in [1.29, 1.82) is 0 Å². The number of halogens is 8. The molecule has 0 radical (unpaired) electrons. The van der Waals surface area contributed by atoms with E-state index in [9.17, 15) is 39.9 Å². The molecule has 0 unspecified atom stereocenters. The van der Waals surface area contributed by atoms with Gasteiger partial charge in [-0.05, 0) is 47.9 Å². The van der Waals surface area contributed by atoms with E-state index in [2.05, 4.69) is 0 Å². The third kappa shape index (κ3) is 6.15. The lowest BCUT2D eigenvalue weighted by Gasteiger charge is -2.08. The molecule has 170 valence electrons. The molecular weight excluding hydrogens is 444 g/mol. The first-order chi connectivity index (χ1) is 15.0. The van der Waals surface area contributed by atoms with Crippen molar-refractivity contribution in [3.05, 3.63) is 94.6 Å². The average molecular weight is 460 g/mol. The van der Waals surface area contributed by atoms with Crippen molar-refractivity contribution in [1.82, 2.24) is 0 Å². The maximum absolute atomic E-state index is 13.7. The molecule has 0 saturated heterocycles. The summed E-state index contributed by atoms with van der Waals surface area (Å²) in [7, 11) is 0. The van der Waals surface area contributed by atoms with Gasteiger partial charge in [0.1, 0.15) is 5.82 Å². The van der Waals surface area contributed by atoms with Crippen LogP contribution in [0.25, 0.3) is 11.1 Å². The number of benzene rings is 3. The smallest absolute Gasteiger partial charge is 0.255 e. The maximum Gasteiger partial charge on any atom is 0.416 e. The Labute approximate surface area is 178 Å². The molecule has 0 aliphatic carbocycles. The quantitative estimate of drug-likeness (QED) is 0.222. The summed E-state index contributed by atoms with van der Waals surface area (Å²) < 4.78 is 101. The van der Waals surface area contributed by atoms with Gasteiger partial charge in [0.25, 0.3) is 0 Å². The highest BCUT2D eigenvalue weighted by Crippen LogP contribution is 2.31. The minimum Gasteiger partial charge on any atom is -0.255 e. The highest BCUT2D eigenvalue weighted by molar-refractivity contribution is 5.89. The SMILES string of the molecule is CCCc1ccc(F)c(F)c1F.O=C(F)c1ccc(-c2ccc(C(F)(F)F)cc2)c(F)c1. The van der Waals surface area contributed by atoms with E-state index in [1.807, 2.05) is 6.92 Å². The predicted octanol–water partition coefficient (Wildman–Crippen LogP) is 7.68. The molecule has 9 heteroatoms. The number of carbonyl (C=O) groups is 1. The predicted molar refractivity (Wildman–Crippen MR) is 103 cm³/mol. The summed E-state index contributed by atoms with van der Waals surface area (Å²) in [6.07, 6.45) is -3.33. The molecule has 0 spiro atoms. The van der Waals surface area contributed by atoms with Crippen LogP contribution >= 0.6 is 0 Å². The molecule has 32 heavy (non-hydrogen) atoms. The van der Waals surface area contributed by atoms with Gasteiger partial charge in [0.05, 0.1) is 11.1 Å². The van der Waals surface area contributed by atoms with E-state index in [1.165, 1.54) is 6.07 Å². The van der Waals surface area contributed by atoms with Gasteiger partial charge < -0.3 is 0 Å². The van der Waals surface area contributed by atoms with Gasteiger partial charge >= 0.3 is 12.2 Å². The van der Waals surface area contributed by atoms with Gasteiger partial charge in [-0.2, -0.15) is 17.6 Å². The van der Waals surface area contributed by atoms with Crippen LogP contribution in [0, 0.1) is 23.3 Å². The Morgan fingerprint density at radius 3 is 1.94 bits per heavy atom. The molecular formula is C23H16F8O. The van der Waals surface area contributed by atoms with E-state index in [0.29, 0.717) is 18.9 Å². The van der Waals surface area contributed by atoms with Gasteiger partial charge in [0.2, 0.25) is 0 Å². The Balaban J connectivity index is 0.000000258. The summed E-state index contributed by atoms with van der Waals surface area (Å²) in [4.78, 5) is 10.4. The number of aryl methyl sites for hydroxylation is 1. The van der Waals surface area contributed by atoms with Gasteiger partial charge in [0.15, 0.2) is 17.5 Å². The molecule has 3 aromatic carbocycles. The van der Waals surface area contributed by atoms with Crippen LogP contribution in [0.4, 0.5) is 35.1 Å². The van der Waals surface area contributed by atoms with Crippen molar-refractivity contribution in [3.63, 3.8) is 0 Å². The summed E-state index contributed by atoms with van der Waals surface area (Å²) in [6.45, 7) is 1.85. The second-order valence-corrected chi connectivity index (χ2v) is 6.63. The zero-order valence-electron chi connectivity index (χ0n) is 16.5. The Bertz CT molecular complexity index is 1090. The lowest BCUT2D eigenvalue weighted by atomic mass is 10.0. The van der Waals surface area contributed by atoms with Crippen molar-refractivity contribution >= 4 is 6.04 Å². The summed E-state index contributed by atoms with van der Waals surface area (Å²) in [6, 6.07) is 7.23. The van der Waals surface area contributed by atoms with Crippen LogP contribution in [0.1, 0.15) is 34.8 Å². The number of rotatable bonds is 4. The molecule has 0 N–H and O–H groups in total. The normalized spacial score (nSPS) is 11.0. The number of alkyl halides is 3. The van der Waals surface area contributed by atoms with E-state index >= 15 is 0 Å². The van der Waals surface area contributed by atoms with E-state index in [4.69, 9.17) is 0 Å². The molecule has 0 heterocycles. The Morgan fingerprint density at radius 1 is 0.812 bits per heavy atom. The molecule has 0 atom stereocenters. The summed E-state index contributed by atoms with van der Waals surface area (Å²) >= 11 is 0. The van der Waals surface area contributed by atoms with Crippen LogP contribution in [-0.2, 0) is 12.6 Å². The highest BCUT2D eigenvalue weighted by atomic mass is 19.4. The molecule has 0 aliphatic rings. The van der Waals surface area contributed by atoms with Crippen LogP contribution in [0.2, 0.25) is 0 Å². The van der Waals surface area contributed by atoms with Crippen LogP contribution in [-0.4, -0.2) is 6.04 Å². The number of hydrogen-bond acceptors (Lipinski definition) is 1. The molecule has 0 aliphatic heterocycles. The number of carbonyl (C=O) groups excluding carboxylic acids is 1.